The minimum Gasteiger partial charge on any atom is -0.363 e. The van der Waals surface area contributed by atoms with Crippen LogP contribution in [-0.2, 0) is 0 Å². The van der Waals surface area contributed by atoms with Crippen LogP contribution in [0.4, 0.5) is 11.5 Å². The monoisotopic (exact) mass is 359 g/mol. The number of aromatic nitrogens is 3. The van der Waals surface area contributed by atoms with E-state index in [1.165, 1.54) is 18.5 Å². The van der Waals surface area contributed by atoms with Gasteiger partial charge in [-0.1, -0.05) is 30.3 Å². The molecule has 2 aromatic heterocycles. The van der Waals surface area contributed by atoms with Crippen molar-refractivity contribution in [3.8, 4) is 11.3 Å². The van der Waals surface area contributed by atoms with Crippen LogP contribution in [0.2, 0.25) is 0 Å². The Morgan fingerprint density at radius 3 is 2.52 bits per heavy atom. The van der Waals surface area contributed by atoms with Crippen LogP contribution in [0.1, 0.15) is 18.5 Å². The molecule has 0 saturated heterocycles. The topological polar surface area (TPSA) is 96.7 Å². The number of aromatic amines is 1. The molecule has 4 rings (SSSR count). The first-order valence-corrected chi connectivity index (χ1v) is 8.52. The molecule has 0 amide bonds. The van der Waals surface area contributed by atoms with Crippen molar-refractivity contribution in [1.82, 2.24) is 15.0 Å². The van der Waals surface area contributed by atoms with Gasteiger partial charge in [0.1, 0.15) is 17.8 Å². The molecule has 2 heterocycles. The van der Waals surface area contributed by atoms with Crippen LogP contribution in [0.3, 0.4) is 0 Å². The standard InChI is InChI=1S/C20H17N5O2/c1-13(14-5-3-2-4-6-14)23-19-17-11-18(24-20(17)22-12-21-19)15-7-9-16(10-8-15)25(26)27/h2-13H,1H3,(H2,21,22,23,24). The van der Waals surface area contributed by atoms with Crippen molar-refractivity contribution in [2.75, 3.05) is 5.32 Å². The number of fused-ring (bicyclic) bond motifs is 1. The zero-order valence-corrected chi connectivity index (χ0v) is 14.6. The summed E-state index contributed by atoms with van der Waals surface area (Å²) in [5, 5.41) is 15.1. The van der Waals surface area contributed by atoms with Gasteiger partial charge >= 0.3 is 0 Å². The Kier molecular flexibility index (Phi) is 4.25. The minimum absolute atomic E-state index is 0.0636. The molecule has 0 aliphatic rings. The molecule has 4 aromatic rings. The molecular formula is C20H17N5O2. The quantitative estimate of drug-likeness (QED) is 0.397. The SMILES string of the molecule is CC(Nc1ncnc2[nH]c(-c3ccc([N+](=O)[O-])cc3)cc12)c1ccccc1. The van der Waals surface area contributed by atoms with E-state index >= 15 is 0 Å². The van der Waals surface area contributed by atoms with Crippen molar-refractivity contribution in [1.29, 1.82) is 0 Å². The van der Waals surface area contributed by atoms with E-state index in [4.69, 9.17) is 0 Å². The Morgan fingerprint density at radius 2 is 1.81 bits per heavy atom. The highest BCUT2D eigenvalue weighted by Gasteiger charge is 2.13. The van der Waals surface area contributed by atoms with Gasteiger partial charge in [0.15, 0.2) is 0 Å². The van der Waals surface area contributed by atoms with Crippen molar-refractivity contribution in [2.24, 2.45) is 0 Å². The van der Waals surface area contributed by atoms with E-state index in [0.717, 1.165) is 28.0 Å². The van der Waals surface area contributed by atoms with Gasteiger partial charge in [-0.3, -0.25) is 10.1 Å². The lowest BCUT2D eigenvalue weighted by Crippen LogP contribution is -2.08. The number of nitro benzene ring substituents is 1. The van der Waals surface area contributed by atoms with E-state index < -0.39 is 4.92 Å². The second-order valence-corrected chi connectivity index (χ2v) is 6.25. The summed E-state index contributed by atoms with van der Waals surface area (Å²) in [6, 6.07) is 18.6. The first-order valence-electron chi connectivity index (χ1n) is 8.52. The van der Waals surface area contributed by atoms with Gasteiger partial charge in [-0.25, -0.2) is 9.97 Å². The molecule has 1 atom stereocenters. The summed E-state index contributed by atoms with van der Waals surface area (Å²) in [5.74, 6) is 0.737. The van der Waals surface area contributed by atoms with Crippen molar-refractivity contribution in [3.63, 3.8) is 0 Å². The second-order valence-electron chi connectivity index (χ2n) is 6.25. The fraction of sp³-hybridized carbons (Fsp3) is 0.100. The van der Waals surface area contributed by atoms with E-state index in [0.29, 0.717) is 5.65 Å². The number of nitrogens with zero attached hydrogens (tertiary/aromatic N) is 3. The largest absolute Gasteiger partial charge is 0.363 e. The highest BCUT2D eigenvalue weighted by molar-refractivity contribution is 5.91. The molecule has 0 aliphatic heterocycles. The minimum atomic E-state index is -0.409. The number of nitro groups is 1. The number of H-pyrrole nitrogens is 1. The van der Waals surface area contributed by atoms with Crippen molar-refractivity contribution >= 4 is 22.5 Å². The van der Waals surface area contributed by atoms with Gasteiger partial charge in [0, 0.05) is 23.9 Å². The zero-order chi connectivity index (χ0) is 18.8. The summed E-state index contributed by atoms with van der Waals surface area (Å²) in [7, 11) is 0. The Hall–Kier alpha value is -3.74. The number of non-ortho nitro benzene ring substituents is 1. The summed E-state index contributed by atoms with van der Waals surface area (Å²) < 4.78 is 0. The van der Waals surface area contributed by atoms with Crippen molar-refractivity contribution in [2.45, 2.75) is 13.0 Å². The number of anilines is 1. The molecule has 27 heavy (non-hydrogen) atoms. The molecule has 0 fully saturated rings. The van der Waals surface area contributed by atoms with E-state index in [2.05, 4.69) is 39.3 Å². The Morgan fingerprint density at radius 1 is 1.07 bits per heavy atom. The highest BCUT2D eigenvalue weighted by atomic mass is 16.6. The lowest BCUT2D eigenvalue weighted by molar-refractivity contribution is -0.384. The first-order chi connectivity index (χ1) is 13.1. The molecule has 0 aliphatic carbocycles. The van der Waals surface area contributed by atoms with E-state index in [1.807, 2.05) is 24.3 Å². The van der Waals surface area contributed by atoms with Crippen molar-refractivity contribution < 1.29 is 4.92 Å². The smallest absolute Gasteiger partial charge is 0.269 e. The number of hydrogen-bond acceptors (Lipinski definition) is 5. The third-order valence-electron chi connectivity index (χ3n) is 4.47. The van der Waals surface area contributed by atoms with E-state index in [9.17, 15) is 10.1 Å². The van der Waals surface area contributed by atoms with Crippen LogP contribution in [0, 0.1) is 10.1 Å². The van der Waals surface area contributed by atoms with Crippen molar-refractivity contribution in [3.05, 3.63) is 82.7 Å². The summed E-state index contributed by atoms with van der Waals surface area (Å²) >= 11 is 0. The van der Waals surface area contributed by atoms with Crippen LogP contribution >= 0.6 is 0 Å². The first kappa shape index (κ1) is 16.7. The predicted octanol–water partition coefficient (Wildman–Crippen LogP) is 4.71. The van der Waals surface area contributed by atoms with Gasteiger partial charge in [-0.15, -0.1) is 0 Å². The number of rotatable bonds is 5. The van der Waals surface area contributed by atoms with Crippen LogP contribution in [0.15, 0.2) is 67.0 Å². The summed E-state index contributed by atoms with van der Waals surface area (Å²) in [4.78, 5) is 22.4. The maximum atomic E-state index is 10.8. The van der Waals surface area contributed by atoms with Gasteiger partial charge in [-0.2, -0.15) is 0 Å². The summed E-state index contributed by atoms with van der Waals surface area (Å²) in [6.07, 6.45) is 1.51. The van der Waals surface area contributed by atoms with Crippen LogP contribution in [-0.4, -0.2) is 19.9 Å². The van der Waals surface area contributed by atoms with E-state index in [1.54, 1.807) is 12.1 Å². The average molecular weight is 359 g/mol. The molecule has 7 heteroatoms. The summed E-state index contributed by atoms with van der Waals surface area (Å²) in [6.45, 7) is 2.08. The van der Waals surface area contributed by atoms with Gasteiger partial charge in [0.2, 0.25) is 0 Å². The summed E-state index contributed by atoms with van der Waals surface area (Å²) in [5.41, 5.74) is 3.61. The number of benzene rings is 2. The lowest BCUT2D eigenvalue weighted by Gasteiger charge is -2.15. The molecule has 2 aromatic carbocycles. The second kappa shape index (κ2) is 6.87. The van der Waals surface area contributed by atoms with Crippen LogP contribution in [0.25, 0.3) is 22.3 Å². The van der Waals surface area contributed by atoms with E-state index in [-0.39, 0.29) is 11.7 Å². The van der Waals surface area contributed by atoms with Crippen LogP contribution in [0.5, 0.6) is 0 Å². The Balaban J connectivity index is 1.67. The molecule has 2 N–H and O–H groups in total. The molecule has 0 bridgehead atoms. The molecule has 0 radical (unpaired) electrons. The third-order valence-corrected chi connectivity index (χ3v) is 4.47. The van der Waals surface area contributed by atoms with Gasteiger partial charge in [-0.05, 0) is 36.2 Å². The maximum absolute atomic E-state index is 10.8. The van der Waals surface area contributed by atoms with Gasteiger partial charge in [0.05, 0.1) is 10.3 Å². The lowest BCUT2D eigenvalue weighted by atomic mass is 10.1. The molecule has 134 valence electrons. The fourth-order valence-corrected chi connectivity index (χ4v) is 3.00. The van der Waals surface area contributed by atoms with Gasteiger partial charge in [0.25, 0.3) is 5.69 Å². The Bertz CT molecular complexity index is 1090. The maximum Gasteiger partial charge on any atom is 0.269 e. The highest BCUT2D eigenvalue weighted by Crippen LogP contribution is 2.29. The molecular weight excluding hydrogens is 342 g/mol. The predicted molar refractivity (Wildman–Crippen MR) is 104 cm³/mol. The fourth-order valence-electron chi connectivity index (χ4n) is 3.00. The molecule has 7 nitrogen and oxygen atoms in total. The van der Waals surface area contributed by atoms with Gasteiger partial charge < -0.3 is 10.3 Å². The number of nitrogens with one attached hydrogen (secondary N) is 2. The van der Waals surface area contributed by atoms with Crippen LogP contribution < -0.4 is 5.32 Å². The zero-order valence-electron chi connectivity index (χ0n) is 14.6. The normalized spacial score (nSPS) is 12.0. The molecule has 0 spiro atoms. The molecule has 0 saturated carbocycles. The molecule has 1 unspecified atom stereocenters. The number of hydrogen-bond donors (Lipinski definition) is 2. The Labute approximate surface area is 155 Å². The average Bonchev–Trinajstić information content (AvgIpc) is 3.14. The third kappa shape index (κ3) is 3.35.